The first-order valence-electron chi connectivity index (χ1n) is 7.52. The zero-order chi connectivity index (χ0) is 15.0. The molecule has 0 amide bonds. The van der Waals surface area contributed by atoms with Crippen molar-refractivity contribution in [3.63, 3.8) is 0 Å². The second kappa shape index (κ2) is 9.37. The number of aliphatic hydroxyl groups excluding tert-OH is 1. The van der Waals surface area contributed by atoms with Crippen LogP contribution >= 0.6 is 15.9 Å². The van der Waals surface area contributed by atoms with Crippen LogP contribution in [0.2, 0.25) is 0 Å². The topological polar surface area (TPSA) is 35.5 Å². The van der Waals surface area contributed by atoms with Crippen LogP contribution in [0.5, 0.6) is 0 Å². The average Bonchev–Trinajstić information content (AvgIpc) is 2.44. The van der Waals surface area contributed by atoms with E-state index in [1.54, 1.807) is 0 Å². The van der Waals surface area contributed by atoms with Gasteiger partial charge in [-0.2, -0.15) is 0 Å². The minimum Gasteiger partial charge on any atom is -0.395 e. The van der Waals surface area contributed by atoms with E-state index in [9.17, 15) is 5.11 Å². The zero-order valence-corrected chi connectivity index (χ0v) is 14.4. The molecule has 0 spiro atoms. The van der Waals surface area contributed by atoms with Crippen LogP contribution in [0.15, 0.2) is 22.7 Å². The van der Waals surface area contributed by atoms with Gasteiger partial charge in [-0.1, -0.05) is 19.9 Å². The van der Waals surface area contributed by atoms with Gasteiger partial charge in [-0.15, -0.1) is 0 Å². The number of nitrogens with one attached hydrogen (secondary N) is 1. The maximum atomic E-state index is 9.19. The first-order chi connectivity index (χ1) is 9.63. The summed E-state index contributed by atoms with van der Waals surface area (Å²) in [7, 11) is 0. The van der Waals surface area contributed by atoms with E-state index in [-0.39, 0.29) is 6.61 Å². The zero-order valence-electron chi connectivity index (χ0n) is 12.8. The van der Waals surface area contributed by atoms with E-state index in [4.69, 9.17) is 0 Å². The van der Waals surface area contributed by atoms with Crippen molar-refractivity contribution in [1.29, 1.82) is 0 Å². The molecule has 0 saturated carbocycles. The quantitative estimate of drug-likeness (QED) is 0.717. The van der Waals surface area contributed by atoms with Crippen LogP contribution in [0.4, 0.5) is 5.69 Å². The largest absolute Gasteiger partial charge is 0.395 e. The molecule has 0 aliphatic carbocycles. The number of benzene rings is 1. The highest BCUT2D eigenvalue weighted by Gasteiger charge is 2.11. The molecule has 1 atom stereocenters. The molecule has 3 nitrogen and oxygen atoms in total. The van der Waals surface area contributed by atoms with Crippen molar-refractivity contribution in [1.82, 2.24) is 5.32 Å². The standard InChI is InChI=1S/C16H27BrN2O/c1-4-8-18-13(3)14-6-7-16(15(17)12-14)19(9-5-2)10-11-20/h6-7,12-13,18,20H,4-5,8-11H2,1-3H3. The second-order valence-electron chi connectivity index (χ2n) is 5.10. The highest BCUT2D eigenvalue weighted by Crippen LogP contribution is 2.29. The van der Waals surface area contributed by atoms with Crippen molar-refractivity contribution >= 4 is 21.6 Å². The molecule has 0 aliphatic rings. The third-order valence-electron chi connectivity index (χ3n) is 3.38. The van der Waals surface area contributed by atoms with Gasteiger partial charge in [0.2, 0.25) is 0 Å². The van der Waals surface area contributed by atoms with Crippen molar-refractivity contribution in [2.24, 2.45) is 0 Å². The number of aliphatic hydroxyl groups is 1. The van der Waals surface area contributed by atoms with E-state index >= 15 is 0 Å². The van der Waals surface area contributed by atoms with Crippen LogP contribution < -0.4 is 10.2 Å². The highest BCUT2D eigenvalue weighted by molar-refractivity contribution is 9.10. The predicted octanol–water partition coefficient (Wildman–Crippen LogP) is 3.72. The summed E-state index contributed by atoms with van der Waals surface area (Å²) in [6.07, 6.45) is 2.22. The van der Waals surface area contributed by atoms with Gasteiger partial charge < -0.3 is 15.3 Å². The molecule has 2 N–H and O–H groups in total. The summed E-state index contributed by atoms with van der Waals surface area (Å²) in [6.45, 7) is 9.38. The number of anilines is 1. The van der Waals surface area contributed by atoms with Crippen LogP contribution in [0.25, 0.3) is 0 Å². The molecule has 114 valence electrons. The normalized spacial score (nSPS) is 12.4. The molecule has 0 heterocycles. The molecule has 4 heteroatoms. The van der Waals surface area contributed by atoms with E-state index in [0.717, 1.165) is 36.1 Å². The Morgan fingerprint density at radius 3 is 2.55 bits per heavy atom. The van der Waals surface area contributed by atoms with E-state index < -0.39 is 0 Å². The van der Waals surface area contributed by atoms with Crippen LogP contribution in [-0.4, -0.2) is 31.3 Å². The molecule has 0 fully saturated rings. The average molecular weight is 343 g/mol. The van der Waals surface area contributed by atoms with Gasteiger partial charge in [-0.25, -0.2) is 0 Å². The molecular formula is C16H27BrN2O. The summed E-state index contributed by atoms with van der Waals surface area (Å²) in [6, 6.07) is 6.86. The summed E-state index contributed by atoms with van der Waals surface area (Å²) < 4.78 is 1.10. The fraction of sp³-hybridized carbons (Fsp3) is 0.625. The van der Waals surface area contributed by atoms with Crippen molar-refractivity contribution in [3.8, 4) is 0 Å². The summed E-state index contributed by atoms with van der Waals surface area (Å²) in [5, 5.41) is 12.7. The molecule has 0 aliphatic heterocycles. The lowest BCUT2D eigenvalue weighted by molar-refractivity contribution is 0.302. The maximum Gasteiger partial charge on any atom is 0.0606 e. The second-order valence-corrected chi connectivity index (χ2v) is 5.95. The van der Waals surface area contributed by atoms with Gasteiger partial charge in [-0.3, -0.25) is 0 Å². The van der Waals surface area contributed by atoms with Crippen LogP contribution in [0.3, 0.4) is 0 Å². The van der Waals surface area contributed by atoms with Crippen LogP contribution in [-0.2, 0) is 0 Å². The first kappa shape index (κ1) is 17.5. The summed E-state index contributed by atoms with van der Waals surface area (Å²) in [5.74, 6) is 0. The lowest BCUT2D eigenvalue weighted by Crippen LogP contribution is -2.28. The molecule has 20 heavy (non-hydrogen) atoms. The SMILES string of the molecule is CCCNC(C)c1ccc(N(CCC)CCO)c(Br)c1. The Labute approximate surface area is 131 Å². The van der Waals surface area contributed by atoms with Gasteiger partial charge in [0.15, 0.2) is 0 Å². The van der Waals surface area contributed by atoms with E-state index in [0.29, 0.717) is 12.6 Å². The van der Waals surface area contributed by atoms with Crippen molar-refractivity contribution in [3.05, 3.63) is 28.2 Å². The van der Waals surface area contributed by atoms with Gasteiger partial charge >= 0.3 is 0 Å². The van der Waals surface area contributed by atoms with E-state index in [1.807, 2.05) is 0 Å². The Balaban J connectivity index is 2.85. The van der Waals surface area contributed by atoms with Gasteiger partial charge in [0.05, 0.1) is 12.3 Å². The predicted molar refractivity (Wildman–Crippen MR) is 90.4 cm³/mol. The molecular weight excluding hydrogens is 316 g/mol. The highest BCUT2D eigenvalue weighted by atomic mass is 79.9. The fourth-order valence-corrected chi connectivity index (χ4v) is 2.92. The van der Waals surface area contributed by atoms with Gasteiger partial charge in [0.25, 0.3) is 0 Å². The smallest absolute Gasteiger partial charge is 0.0606 e. The minimum atomic E-state index is 0.183. The summed E-state index contributed by atoms with van der Waals surface area (Å²) in [5.41, 5.74) is 2.45. The molecule has 1 rings (SSSR count). The Morgan fingerprint density at radius 1 is 1.25 bits per heavy atom. The molecule has 0 saturated heterocycles. The number of nitrogens with zero attached hydrogens (tertiary/aromatic N) is 1. The van der Waals surface area contributed by atoms with Gasteiger partial charge in [0.1, 0.15) is 0 Å². The molecule has 0 aromatic heterocycles. The number of hydrogen-bond donors (Lipinski definition) is 2. The monoisotopic (exact) mass is 342 g/mol. The van der Waals surface area contributed by atoms with Crippen molar-refractivity contribution in [2.45, 2.75) is 39.7 Å². The Kier molecular flexibility index (Phi) is 8.19. The lowest BCUT2D eigenvalue weighted by Gasteiger charge is -2.25. The Bertz CT molecular complexity index is 392. The Morgan fingerprint density at radius 2 is 2.00 bits per heavy atom. The van der Waals surface area contributed by atoms with E-state index in [2.05, 4.69) is 65.1 Å². The van der Waals surface area contributed by atoms with E-state index in [1.165, 1.54) is 5.56 Å². The fourth-order valence-electron chi connectivity index (χ4n) is 2.27. The van der Waals surface area contributed by atoms with Crippen molar-refractivity contribution < 1.29 is 5.11 Å². The third kappa shape index (κ3) is 5.08. The van der Waals surface area contributed by atoms with Gasteiger partial charge in [-0.05, 0) is 59.9 Å². The first-order valence-corrected chi connectivity index (χ1v) is 8.31. The maximum absolute atomic E-state index is 9.19. The third-order valence-corrected chi connectivity index (χ3v) is 4.01. The molecule has 0 radical (unpaired) electrons. The van der Waals surface area contributed by atoms with Gasteiger partial charge in [0, 0.05) is 23.6 Å². The molecule has 1 aromatic rings. The molecule has 1 aromatic carbocycles. The van der Waals surface area contributed by atoms with Crippen LogP contribution in [0.1, 0.15) is 45.2 Å². The summed E-state index contributed by atoms with van der Waals surface area (Å²) >= 11 is 3.67. The number of rotatable bonds is 9. The molecule has 1 unspecified atom stereocenters. The summed E-state index contributed by atoms with van der Waals surface area (Å²) in [4.78, 5) is 2.22. The number of hydrogen-bond acceptors (Lipinski definition) is 3. The van der Waals surface area contributed by atoms with Crippen molar-refractivity contribution in [2.75, 3.05) is 31.1 Å². The van der Waals surface area contributed by atoms with Crippen LogP contribution in [0, 0.1) is 0 Å². The number of halogens is 1. The lowest BCUT2D eigenvalue weighted by atomic mass is 10.1. The Hall–Kier alpha value is -0.580. The minimum absolute atomic E-state index is 0.183. The molecule has 0 bridgehead atoms.